The van der Waals surface area contributed by atoms with E-state index in [2.05, 4.69) is 20.5 Å². The van der Waals surface area contributed by atoms with Gasteiger partial charge in [0.05, 0.1) is 30.6 Å². The number of ether oxygens (including phenoxy) is 2. The molecular weight excluding hydrogens is 689 g/mol. The number of alkyl carbamates (subject to hydrolysis) is 1. The van der Waals surface area contributed by atoms with Crippen molar-refractivity contribution in [2.45, 2.75) is 82.1 Å². The van der Waals surface area contributed by atoms with Gasteiger partial charge in [-0.3, -0.25) is 9.78 Å². The number of amides is 1. The maximum Gasteiger partial charge on any atom is 0.408 e. The summed E-state index contributed by atoms with van der Waals surface area (Å²) in [4.78, 5) is 30.7. The molecule has 2 aromatic carbocycles. The molecule has 2 atom stereocenters. The first-order chi connectivity index (χ1) is 23.7. The number of hydrogen-bond acceptors (Lipinski definition) is 10. The molecule has 2 heterocycles. The van der Waals surface area contributed by atoms with Crippen LogP contribution in [0.4, 0.5) is 18.0 Å². The van der Waals surface area contributed by atoms with Gasteiger partial charge in [0, 0.05) is 30.2 Å². The number of Topliss-reactive ketones (excluding diaryl/α,β-unsaturated/α-hetero) is 1. The minimum Gasteiger partial charge on any atom is -0.495 e. The van der Waals surface area contributed by atoms with Gasteiger partial charge in [-0.1, -0.05) is 24.3 Å². The third-order valence-corrected chi connectivity index (χ3v) is 10.8. The van der Waals surface area contributed by atoms with Crippen molar-refractivity contribution in [3.05, 3.63) is 83.1 Å². The number of ketones is 1. The number of aromatic nitrogens is 3. The molecule has 4 aromatic rings. The number of carbonyl (C=O) groups is 2. The van der Waals surface area contributed by atoms with Crippen LogP contribution in [0.2, 0.25) is 0 Å². The van der Waals surface area contributed by atoms with E-state index in [9.17, 15) is 18.0 Å². The van der Waals surface area contributed by atoms with Crippen LogP contribution in [0.1, 0.15) is 76.0 Å². The molecule has 0 aliphatic heterocycles. The summed E-state index contributed by atoms with van der Waals surface area (Å²) >= 11 is 0. The van der Waals surface area contributed by atoms with E-state index in [0.717, 1.165) is 17.9 Å². The molecule has 2 aromatic heterocycles. The lowest BCUT2D eigenvalue weighted by Crippen LogP contribution is -2.47. The predicted octanol–water partition coefficient (Wildman–Crippen LogP) is 6.90. The van der Waals surface area contributed by atoms with E-state index < -0.39 is 73.6 Å². The van der Waals surface area contributed by atoms with Gasteiger partial charge in [0.1, 0.15) is 21.9 Å². The average Bonchev–Trinajstić information content (AvgIpc) is 3.53. The van der Waals surface area contributed by atoms with E-state index in [0.29, 0.717) is 23.1 Å². The van der Waals surface area contributed by atoms with Gasteiger partial charge < -0.3 is 19.2 Å². The fraction of sp³-hybridized carbons (Fsp3) is 0.417. The van der Waals surface area contributed by atoms with Crippen molar-refractivity contribution in [2.75, 3.05) is 13.4 Å². The minimum absolute atomic E-state index is 0.0384. The highest BCUT2D eigenvalue weighted by atomic mass is 32.2. The molecule has 15 heteroatoms. The first kappa shape index (κ1) is 37.5. The quantitative estimate of drug-likeness (QED) is 0.203. The summed E-state index contributed by atoms with van der Waals surface area (Å²) in [5, 5.41) is 9.97. The highest BCUT2D eigenvalue weighted by Gasteiger charge is 2.45. The number of pyridine rings is 1. The molecule has 0 saturated carbocycles. The Bertz CT molecular complexity index is 2040. The molecule has 0 saturated heterocycles. The molecule has 11 nitrogen and oxygen atoms in total. The molecule has 0 radical (unpaired) electrons. The van der Waals surface area contributed by atoms with Crippen molar-refractivity contribution in [2.24, 2.45) is 0 Å². The second-order valence-electron chi connectivity index (χ2n) is 14.1. The van der Waals surface area contributed by atoms with Gasteiger partial charge in [-0.15, -0.1) is 10.2 Å². The molecule has 0 fully saturated rings. The number of carbonyl (C=O) groups excluding carboxylic acids is 2. The second-order valence-corrected chi connectivity index (χ2v) is 16.6. The Morgan fingerprint density at radius 2 is 1.75 bits per heavy atom. The summed E-state index contributed by atoms with van der Waals surface area (Å²) in [7, 11) is -2.21. The number of benzene rings is 2. The standard InChI is InChI=1S/C36H39F3N4O7S/c1-34(2,3)50-33(45)41-29-18-36(38,39)26-17-27(37)25(31-42-43-32(49-31)35(4,5)51(7,46)47)16-24(26)22(15-30(29)44)14-20-8-10-21(11-9-20)28-13-12-23(48-6)19-40-28/h8-13,16-17,19,22,29H,14-15,18H2,1-7H3,(H,41,45)/t22?,29-/m1/s1. The number of sulfone groups is 1. The Kier molecular flexibility index (Phi) is 10.1. The van der Waals surface area contributed by atoms with Crippen LogP contribution < -0.4 is 10.1 Å². The third kappa shape index (κ3) is 8.24. The van der Waals surface area contributed by atoms with Crippen LogP contribution >= 0.6 is 0 Å². The Balaban J connectivity index is 1.57. The lowest BCUT2D eigenvalue weighted by Gasteiger charge is -2.32. The van der Waals surface area contributed by atoms with Gasteiger partial charge in [-0.25, -0.2) is 26.4 Å². The van der Waals surface area contributed by atoms with Gasteiger partial charge in [0.25, 0.3) is 11.8 Å². The zero-order valence-electron chi connectivity index (χ0n) is 29.2. The number of hydrogen-bond donors (Lipinski definition) is 1. The molecule has 1 N–H and O–H groups in total. The highest BCUT2D eigenvalue weighted by Crippen LogP contribution is 2.45. The number of halogens is 3. The maximum atomic E-state index is 16.2. The fourth-order valence-electron chi connectivity index (χ4n) is 5.65. The van der Waals surface area contributed by atoms with Crippen LogP contribution in [0.5, 0.6) is 5.75 Å². The smallest absolute Gasteiger partial charge is 0.408 e. The van der Waals surface area contributed by atoms with E-state index in [-0.39, 0.29) is 29.9 Å². The van der Waals surface area contributed by atoms with E-state index in [1.165, 1.54) is 21.0 Å². The topological polar surface area (TPSA) is 151 Å². The van der Waals surface area contributed by atoms with E-state index in [4.69, 9.17) is 13.9 Å². The van der Waals surface area contributed by atoms with Crippen LogP contribution in [0.15, 0.2) is 59.1 Å². The number of fused-ring (bicyclic) bond motifs is 1. The van der Waals surface area contributed by atoms with Crippen molar-refractivity contribution in [1.29, 1.82) is 0 Å². The summed E-state index contributed by atoms with van der Waals surface area (Å²) in [6, 6.07) is 10.9. The average molecular weight is 729 g/mol. The van der Waals surface area contributed by atoms with Gasteiger partial charge in [0.15, 0.2) is 15.6 Å². The predicted molar refractivity (Wildman–Crippen MR) is 182 cm³/mol. The molecule has 0 bridgehead atoms. The van der Waals surface area contributed by atoms with Gasteiger partial charge in [0.2, 0.25) is 5.89 Å². The summed E-state index contributed by atoms with van der Waals surface area (Å²) in [5.74, 6) is -6.66. The van der Waals surface area contributed by atoms with Crippen LogP contribution in [-0.4, -0.2) is 60.5 Å². The molecular formula is C36H39F3N4O7S. The second kappa shape index (κ2) is 13.7. The Morgan fingerprint density at radius 1 is 1.06 bits per heavy atom. The minimum atomic E-state index is -3.79. The molecule has 272 valence electrons. The van der Waals surface area contributed by atoms with Crippen molar-refractivity contribution in [3.63, 3.8) is 0 Å². The number of methoxy groups -OCH3 is 1. The number of alkyl halides is 2. The maximum absolute atomic E-state index is 16.2. The Morgan fingerprint density at radius 3 is 2.33 bits per heavy atom. The fourth-order valence-corrected chi connectivity index (χ4v) is 6.05. The largest absolute Gasteiger partial charge is 0.495 e. The van der Waals surface area contributed by atoms with Gasteiger partial charge >= 0.3 is 6.09 Å². The monoisotopic (exact) mass is 728 g/mol. The Labute approximate surface area is 293 Å². The van der Waals surface area contributed by atoms with E-state index in [1.807, 2.05) is 0 Å². The van der Waals surface area contributed by atoms with Crippen molar-refractivity contribution in [3.8, 4) is 28.5 Å². The number of nitrogens with one attached hydrogen (secondary N) is 1. The molecule has 0 spiro atoms. The lowest BCUT2D eigenvalue weighted by atomic mass is 9.78. The SMILES string of the molecule is COc1ccc(-c2ccc(CC3CC(=O)[C@H](NC(=O)OC(C)(C)C)CC(F)(F)c4cc(F)c(-c5nnc(C(C)(C)S(C)(=O)=O)o5)cc43)cc2)nc1. The molecule has 1 amide bonds. The summed E-state index contributed by atoms with van der Waals surface area (Å²) in [5.41, 5.74) is 0.119. The molecule has 1 unspecified atom stereocenters. The van der Waals surface area contributed by atoms with Crippen molar-refractivity contribution >= 4 is 21.7 Å². The van der Waals surface area contributed by atoms with Crippen molar-refractivity contribution in [1.82, 2.24) is 20.5 Å². The van der Waals surface area contributed by atoms with E-state index in [1.54, 1.807) is 63.4 Å². The van der Waals surface area contributed by atoms with Crippen LogP contribution in [0, 0.1) is 5.82 Å². The van der Waals surface area contributed by atoms with Crippen LogP contribution in [-0.2, 0) is 36.5 Å². The van der Waals surface area contributed by atoms with Gasteiger partial charge in [-0.2, -0.15) is 0 Å². The lowest BCUT2D eigenvalue weighted by molar-refractivity contribution is -0.125. The highest BCUT2D eigenvalue weighted by molar-refractivity contribution is 7.91. The summed E-state index contributed by atoms with van der Waals surface area (Å²) < 4.78 is 87.4. The van der Waals surface area contributed by atoms with Gasteiger partial charge in [-0.05, 0) is 82.3 Å². The molecule has 1 aliphatic rings. The molecule has 51 heavy (non-hydrogen) atoms. The number of rotatable bonds is 8. The summed E-state index contributed by atoms with van der Waals surface area (Å²) in [6.45, 7) is 7.47. The van der Waals surface area contributed by atoms with Crippen molar-refractivity contribution < 1.29 is 45.1 Å². The van der Waals surface area contributed by atoms with Crippen LogP contribution in [0.3, 0.4) is 0 Å². The van der Waals surface area contributed by atoms with Crippen LogP contribution in [0.25, 0.3) is 22.7 Å². The first-order valence-electron chi connectivity index (χ1n) is 16.1. The molecule has 1 aliphatic carbocycles. The first-order valence-corrected chi connectivity index (χ1v) is 17.9. The molecule has 5 rings (SSSR count). The Hall–Kier alpha value is -4.79. The zero-order valence-corrected chi connectivity index (χ0v) is 30.0. The zero-order chi connectivity index (χ0) is 37.5. The number of nitrogens with zero attached hydrogens (tertiary/aromatic N) is 3. The summed E-state index contributed by atoms with van der Waals surface area (Å²) in [6.07, 6.45) is 0.159. The van der Waals surface area contributed by atoms with E-state index >= 15 is 13.2 Å². The third-order valence-electron chi connectivity index (χ3n) is 8.76. The normalized spacial score (nSPS) is 18.0.